The van der Waals surface area contributed by atoms with E-state index in [2.05, 4.69) is 10.3 Å². The number of aromatic nitrogens is 1. The molecule has 158 valence electrons. The lowest BCUT2D eigenvalue weighted by molar-refractivity contribution is 0.0921. The second-order valence-electron chi connectivity index (χ2n) is 7.00. The van der Waals surface area contributed by atoms with Crippen molar-refractivity contribution in [1.82, 2.24) is 14.8 Å². The molecule has 2 amide bonds. The molecular weight excluding hydrogens is 424 g/mol. The minimum atomic E-state index is -0.367. The number of amides is 2. The lowest BCUT2D eigenvalue weighted by Gasteiger charge is -2.09. The molecule has 0 saturated carbocycles. The standard InChI is InChI=1S/C21H23ClN4O3S/c1-14-13-30-21(24-19(27)15-5-4-6-16(22)11-15)26(14)12-17-7-8-18(29-17)20(28)23-9-10-25(2)3/h4-8,11,13H,9-10,12H2,1-3H3,(H,23,28). The Kier molecular flexibility index (Phi) is 7.25. The fraction of sp³-hybridized carbons (Fsp3) is 0.286. The first-order valence-electron chi connectivity index (χ1n) is 9.34. The molecule has 0 bridgehead atoms. The molecule has 0 atom stereocenters. The monoisotopic (exact) mass is 446 g/mol. The van der Waals surface area contributed by atoms with Crippen molar-refractivity contribution in [2.45, 2.75) is 13.5 Å². The lowest BCUT2D eigenvalue weighted by atomic mass is 10.2. The van der Waals surface area contributed by atoms with E-state index in [4.69, 9.17) is 16.0 Å². The molecule has 3 rings (SSSR count). The molecule has 7 nitrogen and oxygen atoms in total. The van der Waals surface area contributed by atoms with Crippen LogP contribution in [0.2, 0.25) is 5.02 Å². The van der Waals surface area contributed by atoms with Crippen LogP contribution in [0.25, 0.3) is 0 Å². The predicted molar refractivity (Wildman–Crippen MR) is 117 cm³/mol. The molecule has 0 aliphatic carbocycles. The van der Waals surface area contributed by atoms with Gasteiger partial charge in [0, 0.05) is 34.7 Å². The van der Waals surface area contributed by atoms with E-state index < -0.39 is 0 Å². The molecule has 2 aromatic heterocycles. The van der Waals surface area contributed by atoms with Crippen LogP contribution in [-0.4, -0.2) is 48.5 Å². The highest BCUT2D eigenvalue weighted by molar-refractivity contribution is 7.07. The van der Waals surface area contributed by atoms with Crippen LogP contribution in [0, 0.1) is 6.92 Å². The van der Waals surface area contributed by atoms with Crippen molar-refractivity contribution in [3.05, 3.63) is 74.4 Å². The molecule has 0 fully saturated rings. The van der Waals surface area contributed by atoms with Crippen LogP contribution in [0.3, 0.4) is 0 Å². The van der Waals surface area contributed by atoms with Gasteiger partial charge in [-0.15, -0.1) is 11.3 Å². The summed E-state index contributed by atoms with van der Waals surface area (Å²) in [5.41, 5.74) is 1.36. The number of nitrogens with zero attached hydrogens (tertiary/aromatic N) is 3. The van der Waals surface area contributed by atoms with Gasteiger partial charge in [-0.2, -0.15) is 4.99 Å². The minimum Gasteiger partial charge on any atom is -0.454 e. The Hall–Kier alpha value is -2.68. The number of halogens is 1. The first-order valence-corrected chi connectivity index (χ1v) is 10.6. The highest BCUT2D eigenvalue weighted by Gasteiger charge is 2.13. The first-order chi connectivity index (χ1) is 14.3. The maximum atomic E-state index is 12.5. The molecule has 0 aliphatic heterocycles. The number of hydrogen-bond donors (Lipinski definition) is 1. The molecular formula is C21H23ClN4O3S. The fourth-order valence-corrected chi connectivity index (χ4v) is 3.75. The lowest BCUT2D eigenvalue weighted by Crippen LogP contribution is -2.31. The minimum absolute atomic E-state index is 0.254. The van der Waals surface area contributed by atoms with E-state index in [9.17, 15) is 9.59 Å². The van der Waals surface area contributed by atoms with Gasteiger partial charge in [0.15, 0.2) is 10.6 Å². The van der Waals surface area contributed by atoms with Crippen molar-refractivity contribution < 1.29 is 14.0 Å². The van der Waals surface area contributed by atoms with E-state index in [1.54, 1.807) is 36.4 Å². The number of thiazole rings is 1. The van der Waals surface area contributed by atoms with Gasteiger partial charge >= 0.3 is 0 Å². The van der Waals surface area contributed by atoms with Gasteiger partial charge in [0.1, 0.15) is 5.76 Å². The van der Waals surface area contributed by atoms with E-state index in [-0.39, 0.29) is 17.6 Å². The summed E-state index contributed by atoms with van der Waals surface area (Å²) in [6, 6.07) is 10.1. The van der Waals surface area contributed by atoms with Gasteiger partial charge in [-0.25, -0.2) is 0 Å². The Bertz CT molecular complexity index is 1110. The van der Waals surface area contributed by atoms with Gasteiger partial charge < -0.3 is 19.2 Å². The largest absolute Gasteiger partial charge is 0.454 e. The molecule has 0 unspecified atom stereocenters. The third-order valence-corrected chi connectivity index (χ3v) is 5.52. The zero-order valence-corrected chi connectivity index (χ0v) is 18.6. The number of aryl methyl sites for hydroxylation is 1. The SMILES string of the molecule is Cc1csc(=NC(=O)c2cccc(Cl)c2)n1Cc1ccc(C(=O)NCCN(C)C)o1. The fourth-order valence-electron chi connectivity index (χ4n) is 2.69. The van der Waals surface area contributed by atoms with E-state index in [0.29, 0.717) is 34.2 Å². The number of rotatable bonds is 7. The maximum absolute atomic E-state index is 12.5. The normalized spacial score (nSPS) is 11.8. The molecule has 0 aliphatic rings. The third-order valence-electron chi connectivity index (χ3n) is 4.30. The summed E-state index contributed by atoms with van der Waals surface area (Å²) >= 11 is 7.33. The Balaban J connectivity index is 1.76. The first kappa shape index (κ1) is 22.0. The van der Waals surface area contributed by atoms with E-state index in [1.807, 2.05) is 35.9 Å². The van der Waals surface area contributed by atoms with Crippen molar-refractivity contribution in [2.75, 3.05) is 27.2 Å². The van der Waals surface area contributed by atoms with Gasteiger partial charge in [0.05, 0.1) is 6.54 Å². The summed E-state index contributed by atoms with van der Waals surface area (Å²) in [5.74, 6) is 0.237. The second-order valence-corrected chi connectivity index (χ2v) is 8.27. The zero-order chi connectivity index (χ0) is 21.7. The maximum Gasteiger partial charge on any atom is 0.287 e. The van der Waals surface area contributed by atoms with E-state index in [0.717, 1.165) is 12.2 Å². The summed E-state index contributed by atoms with van der Waals surface area (Å²) in [5, 5.41) is 5.22. The number of nitrogens with one attached hydrogen (secondary N) is 1. The molecule has 1 N–H and O–H groups in total. The summed E-state index contributed by atoms with van der Waals surface area (Å²) in [7, 11) is 3.88. The molecule has 0 saturated heterocycles. The van der Waals surface area contributed by atoms with Crippen molar-refractivity contribution in [3.8, 4) is 0 Å². The number of furan rings is 1. The van der Waals surface area contributed by atoms with Crippen molar-refractivity contribution in [1.29, 1.82) is 0 Å². The highest BCUT2D eigenvalue weighted by atomic mass is 35.5. The van der Waals surface area contributed by atoms with E-state index >= 15 is 0 Å². The van der Waals surface area contributed by atoms with Gasteiger partial charge in [-0.1, -0.05) is 17.7 Å². The number of hydrogen-bond acceptors (Lipinski definition) is 5. The summed E-state index contributed by atoms with van der Waals surface area (Å²) in [6.07, 6.45) is 0. The second kappa shape index (κ2) is 9.88. The quantitative estimate of drug-likeness (QED) is 0.604. The van der Waals surface area contributed by atoms with E-state index in [1.165, 1.54) is 11.3 Å². The van der Waals surface area contributed by atoms with Crippen LogP contribution >= 0.6 is 22.9 Å². The zero-order valence-electron chi connectivity index (χ0n) is 17.0. The molecule has 30 heavy (non-hydrogen) atoms. The average Bonchev–Trinajstić information content (AvgIpc) is 3.30. The summed E-state index contributed by atoms with van der Waals surface area (Å²) in [4.78, 5) is 31.5. The topological polar surface area (TPSA) is 79.8 Å². The van der Waals surface area contributed by atoms with Crippen LogP contribution in [0.5, 0.6) is 0 Å². The Labute approximate surface area is 183 Å². The van der Waals surface area contributed by atoms with Crippen molar-refractivity contribution >= 4 is 34.8 Å². The molecule has 0 spiro atoms. The predicted octanol–water partition coefficient (Wildman–Crippen LogP) is 3.19. The smallest absolute Gasteiger partial charge is 0.287 e. The average molecular weight is 447 g/mol. The summed E-state index contributed by atoms with van der Waals surface area (Å²) < 4.78 is 7.58. The van der Waals surface area contributed by atoms with Gasteiger partial charge in [-0.3, -0.25) is 9.59 Å². The summed E-state index contributed by atoms with van der Waals surface area (Å²) in [6.45, 7) is 3.57. The molecule has 3 aromatic rings. The number of benzene rings is 1. The number of likely N-dealkylation sites (N-methyl/N-ethyl adjacent to an activating group) is 1. The molecule has 0 radical (unpaired) electrons. The van der Waals surface area contributed by atoms with Crippen LogP contribution in [0.1, 0.15) is 32.4 Å². The number of carbonyl (C=O) groups excluding carboxylic acids is 2. The van der Waals surface area contributed by atoms with Crippen LogP contribution in [0.15, 0.2) is 51.2 Å². The molecule has 1 aromatic carbocycles. The van der Waals surface area contributed by atoms with Crippen molar-refractivity contribution in [2.24, 2.45) is 4.99 Å². The van der Waals surface area contributed by atoms with Crippen LogP contribution in [0.4, 0.5) is 0 Å². The van der Waals surface area contributed by atoms with Crippen LogP contribution in [-0.2, 0) is 6.54 Å². The van der Waals surface area contributed by atoms with Crippen LogP contribution < -0.4 is 10.1 Å². The van der Waals surface area contributed by atoms with Gasteiger partial charge in [-0.05, 0) is 51.4 Å². The number of carbonyl (C=O) groups is 2. The third kappa shape index (κ3) is 5.69. The molecule has 2 heterocycles. The Morgan fingerprint density at radius 1 is 1.27 bits per heavy atom. The van der Waals surface area contributed by atoms with Gasteiger partial charge in [0.25, 0.3) is 11.8 Å². The van der Waals surface area contributed by atoms with Gasteiger partial charge in [0.2, 0.25) is 0 Å². The Morgan fingerprint density at radius 3 is 2.80 bits per heavy atom. The highest BCUT2D eigenvalue weighted by Crippen LogP contribution is 2.13. The Morgan fingerprint density at radius 2 is 2.07 bits per heavy atom. The molecule has 9 heteroatoms. The van der Waals surface area contributed by atoms with Crippen molar-refractivity contribution in [3.63, 3.8) is 0 Å².